The number of hydrogen-bond acceptors (Lipinski definition) is 9. The van der Waals surface area contributed by atoms with Crippen LogP contribution in [0.2, 0.25) is 0 Å². The van der Waals surface area contributed by atoms with Crippen molar-refractivity contribution in [1.82, 2.24) is 0 Å². The van der Waals surface area contributed by atoms with Crippen molar-refractivity contribution in [2.75, 3.05) is 39.6 Å². The number of hydrogen-bond donors (Lipinski definition) is 0. The third-order valence-electron chi connectivity index (χ3n) is 6.33. The Hall–Kier alpha value is -2.34. The van der Waals surface area contributed by atoms with Gasteiger partial charge in [0.1, 0.15) is 0 Å². The Labute approximate surface area is 261 Å². The molecule has 2 atom stereocenters. The fourth-order valence-electron chi connectivity index (χ4n) is 3.87. The topological polar surface area (TPSA) is 107 Å². The van der Waals surface area contributed by atoms with Crippen LogP contribution in [0.5, 0.6) is 0 Å². The van der Waals surface area contributed by atoms with Gasteiger partial charge in [-0.1, -0.05) is 26.2 Å². The molecule has 0 radical (unpaired) electrons. The van der Waals surface area contributed by atoms with Crippen LogP contribution >= 0.6 is 0 Å². The Morgan fingerprint density at radius 1 is 0.457 bits per heavy atom. The van der Waals surface area contributed by atoms with Gasteiger partial charge in [-0.2, -0.15) is 0 Å². The molecule has 18 heteroatoms. The highest BCUT2D eigenvalue weighted by Gasteiger charge is 2.35. The van der Waals surface area contributed by atoms with Gasteiger partial charge in [0.25, 0.3) is 0 Å². The van der Waals surface area contributed by atoms with E-state index in [0.29, 0.717) is 57.8 Å². The lowest BCUT2D eigenvalue weighted by molar-refractivity contribution is -0.325. The van der Waals surface area contributed by atoms with Gasteiger partial charge in [-0.05, 0) is 57.8 Å². The highest BCUT2D eigenvalue weighted by molar-refractivity contribution is 5.85. The molecule has 46 heavy (non-hydrogen) atoms. The van der Waals surface area contributed by atoms with E-state index in [2.05, 4.69) is 14.2 Å². The van der Waals surface area contributed by atoms with E-state index in [4.69, 9.17) is 14.2 Å². The number of halogens is 9. The van der Waals surface area contributed by atoms with Crippen molar-refractivity contribution >= 4 is 17.9 Å². The van der Waals surface area contributed by atoms with Crippen molar-refractivity contribution in [3.05, 3.63) is 0 Å². The first kappa shape index (κ1) is 43.7. The molecule has 0 rings (SSSR count). The van der Waals surface area contributed by atoms with Crippen LogP contribution in [-0.4, -0.2) is 76.6 Å². The van der Waals surface area contributed by atoms with Crippen LogP contribution in [0.4, 0.5) is 39.5 Å². The molecule has 0 fully saturated rings. The van der Waals surface area contributed by atoms with Crippen molar-refractivity contribution in [3.63, 3.8) is 0 Å². The van der Waals surface area contributed by atoms with Crippen LogP contribution in [0.25, 0.3) is 0 Å². The molecule has 0 aromatic rings. The third kappa shape index (κ3) is 27.9. The number of carbonyl (C=O) groups excluding carboxylic acids is 3. The minimum atomic E-state index is -4.71. The normalized spacial score (nSPS) is 13.7. The zero-order chi connectivity index (χ0) is 35.1. The zero-order valence-corrected chi connectivity index (χ0v) is 25.7. The van der Waals surface area contributed by atoms with Crippen LogP contribution in [0.1, 0.15) is 90.4 Å². The number of unbranched alkanes of at least 4 members (excludes halogenated alkanes) is 9. The van der Waals surface area contributed by atoms with E-state index in [0.717, 1.165) is 0 Å². The van der Waals surface area contributed by atoms with Gasteiger partial charge in [-0.25, -0.2) is 0 Å². The highest BCUT2D eigenvalue weighted by Crippen LogP contribution is 2.22. The second kappa shape index (κ2) is 23.9. The predicted octanol–water partition coefficient (Wildman–Crippen LogP) is 7.55. The highest BCUT2D eigenvalue weighted by atomic mass is 19.4. The lowest BCUT2D eigenvalue weighted by Crippen LogP contribution is -2.33. The molecule has 0 saturated heterocycles. The molecule has 0 aliphatic heterocycles. The van der Waals surface area contributed by atoms with Crippen molar-refractivity contribution in [2.45, 2.75) is 109 Å². The van der Waals surface area contributed by atoms with Gasteiger partial charge < -0.3 is 14.2 Å². The average Bonchev–Trinajstić information content (AvgIpc) is 2.93. The van der Waals surface area contributed by atoms with E-state index in [1.807, 2.05) is 0 Å². The summed E-state index contributed by atoms with van der Waals surface area (Å²) in [5, 5.41) is 0. The molecule has 0 aromatic carbocycles. The number of carbonyl (C=O) groups is 3. The second-order valence-corrected chi connectivity index (χ2v) is 10.3. The summed E-state index contributed by atoms with van der Waals surface area (Å²) in [5.74, 6) is -4.97. The molecule has 0 aliphatic carbocycles. The molecule has 0 aromatic heterocycles. The summed E-state index contributed by atoms with van der Waals surface area (Å²) >= 11 is 0. The van der Waals surface area contributed by atoms with E-state index >= 15 is 0 Å². The van der Waals surface area contributed by atoms with Crippen LogP contribution in [0.3, 0.4) is 0 Å². The Kier molecular flexibility index (Phi) is 22.7. The number of ether oxygens (including phenoxy) is 6. The first-order chi connectivity index (χ1) is 21.4. The first-order valence-electron chi connectivity index (χ1n) is 15.0. The standard InChI is InChI=1S/C28H43F9O9/c1-21(24(39)42-15-9-3-6-12-18-45-27(32,33)34)22(25(40)43-16-10-4-7-13-19-46-28(35,36)37)20-23(38)41-14-8-2-5-11-17-44-26(29,30)31/h21-22H,2-20H2,1H3. The van der Waals surface area contributed by atoms with Gasteiger partial charge in [-0.15, -0.1) is 39.5 Å². The quantitative estimate of drug-likeness (QED) is 0.0393. The Morgan fingerprint density at radius 2 is 0.761 bits per heavy atom. The molecular weight excluding hydrogens is 651 g/mol. The fraction of sp³-hybridized carbons (Fsp3) is 0.893. The minimum absolute atomic E-state index is 0.0778. The largest absolute Gasteiger partial charge is 0.522 e. The summed E-state index contributed by atoms with van der Waals surface area (Å²) in [7, 11) is 0. The Bertz CT molecular complexity index is 835. The van der Waals surface area contributed by atoms with Crippen LogP contribution in [0.15, 0.2) is 0 Å². The molecule has 0 N–H and O–H groups in total. The maximum Gasteiger partial charge on any atom is 0.522 e. The molecule has 0 saturated carbocycles. The lowest BCUT2D eigenvalue weighted by atomic mass is 9.91. The maximum absolute atomic E-state index is 12.8. The van der Waals surface area contributed by atoms with Crippen LogP contribution < -0.4 is 0 Å². The smallest absolute Gasteiger partial charge is 0.466 e. The summed E-state index contributed by atoms with van der Waals surface area (Å²) < 4.78 is 134. The summed E-state index contributed by atoms with van der Waals surface area (Å²) in [6.07, 6.45) is -10.8. The second-order valence-electron chi connectivity index (χ2n) is 10.3. The Morgan fingerprint density at radius 3 is 1.11 bits per heavy atom. The van der Waals surface area contributed by atoms with Gasteiger partial charge in [0, 0.05) is 0 Å². The van der Waals surface area contributed by atoms with E-state index < -0.39 is 75.1 Å². The summed E-state index contributed by atoms with van der Waals surface area (Å²) in [6.45, 7) is -0.435. The predicted molar refractivity (Wildman–Crippen MR) is 142 cm³/mol. The zero-order valence-electron chi connectivity index (χ0n) is 25.7. The number of alkyl halides is 9. The van der Waals surface area contributed by atoms with E-state index in [-0.39, 0.29) is 39.1 Å². The molecule has 2 unspecified atom stereocenters. The fourth-order valence-corrected chi connectivity index (χ4v) is 3.87. The molecular formula is C28H43F9O9. The summed E-state index contributed by atoms with van der Waals surface area (Å²) in [4.78, 5) is 37.8. The van der Waals surface area contributed by atoms with Crippen molar-refractivity contribution in [1.29, 1.82) is 0 Å². The first-order valence-corrected chi connectivity index (χ1v) is 15.0. The van der Waals surface area contributed by atoms with Gasteiger partial charge in [0.2, 0.25) is 0 Å². The molecule has 0 bridgehead atoms. The van der Waals surface area contributed by atoms with E-state index in [9.17, 15) is 53.9 Å². The number of rotatable bonds is 26. The van der Waals surface area contributed by atoms with E-state index in [1.165, 1.54) is 6.92 Å². The van der Waals surface area contributed by atoms with Crippen molar-refractivity contribution in [2.24, 2.45) is 11.8 Å². The van der Waals surface area contributed by atoms with Gasteiger partial charge in [0.15, 0.2) is 0 Å². The maximum atomic E-state index is 12.8. The van der Waals surface area contributed by atoms with Crippen molar-refractivity contribution in [3.8, 4) is 0 Å². The summed E-state index contributed by atoms with van der Waals surface area (Å²) in [5.41, 5.74) is 0. The third-order valence-corrected chi connectivity index (χ3v) is 6.33. The van der Waals surface area contributed by atoms with Gasteiger partial charge >= 0.3 is 37.0 Å². The van der Waals surface area contributed by atoms with Crippen LogP contribution in [-0.2, 0) is 42.8 Å². The van der Waals surface area contributed by atoms with Gasteiger partial charge in [-0.3, -0.25) is 28.6 Å². The molecule has 0 aliphatic rings. The molecule has 0 spiro atoms. The van der Waals surface area contributed by atoms with Crippen molar-refractivity contribution < 1.29 is 82.3 Å². The molecule has 272 valence electrons. The molecule has 0 heterocycles. The average molecular weight is 695 g/mol. The molecule has 0 amide bonds. The monoisotopic (exact) mass is 694 g/mol. The van der Waals surface area contributed by atoms with Gasteiger partial charge in [0.05, 0.1) is 57.9 Å². The molecule has 9 nitrogen and oxygen atoms in total. The summed E-state index contributed by atoms with van der Waals surface area (Å²) in [6, 6.07) is 0. The number of esters is 3. The van der Waals surface area contributed by atoms with E-state index in [1.54, 1.807) is 0 Å². The van der Waals surface area contributed by atoms with Crippen LogP contribution in [0, 0.1) is 11.8 Å². The minimum Gasteiger partial charge on any atom is -0.466 e. The Balaban J connectivity index is 4.68. The lowest BCUT2D eigenvalue weighted by Gasteiger charge is -2.21. The SMILES string of the molecule is CC(C(=O)OCCCCCCOC(F)(F)F)C(CC(=O)OCCCCCCOC(F)(F)F)C(=O)OCCCCCCOC(F)(F)F.